The Kier molecular flexibility index (Phi) is 2.50. The molecule has 2 heterocycles. The van der Waals surface area contributed by atoms with Crippen molar-refractivity contribution in [3.63, 3.8) is 0 Å². The van der Waals surface area contributed by atoms with E-state index in [1.165, 1.54) is 19.5 Å². The number of carbonyl (C=O) groups is 2. The summed E-state index contributed by atoms with van der Waals surface area (Å²) in [4.78, 5) is 33.6. The van der Waals surface area contributed by atoms with Crippen molar-refractivity contribution in [2.24, 2.45) is 0 Å². The van der Waals surface area contributed by atoms with E-state index < -0.39 is 0 Å². The zero-order valence-electron chi connectivity index (χ0n) is 11.4. The number of ketones is 2. The zero-order chi connectivity index (χ0) is 15.3. The van der Waals surface area contributed by atoms with Gasteiger partial charge in [-0.15, -0.1) is 0 Å². The lowest BCUT2D eigenvalue weighted by Gasteiger charge is -2.15. The fraction of sp³-hybridized carbons (Fsp3) is 0.0667. The van der Waals surface area contributed by atoms with Gasteiger partial charge in [0.2, 0.25) is 11.6 Å². The molecular weight excluding hydrogens is 284 g/mol. The van der Waals surface area contributed by atoms with Gasteiger partial charge in [-0.3, -0.25) is 9.59 Å². The van der Waals surface area contributed by atoms with Crippen LogP contribution in [0.2, 0.25) is 0 Å². The lowest BCUT2D eigenvalue weighted by molar-refractivity contribution is 0.0971. The number of aromatic nitrogens is 4. The molecule has 1 aromatic carbocycles. The molecule has 106 valence electrons. The van der Waals surface area contributed by atoms with Crippen LogP contribution in [0, 0.1) is 0 Å². The predicted molar refractivity (Wildman–Crippen MR) is 75.0 cm³/mol. The molecule has 22 heavy (non-hydrogen) atoms. The number of hydrogen-bond acceptors (Lipinski definition) is 7. The van der Waals surface area contributed by atoms with E-state index in [2.05, 4.69) is 20.2 Å². The van der Waals surface area contributed by atoms with Crippen LogP contribution in [0.15, 0.2) is 30.6 Å². The Morgan fingerprint density at radius 1 is 0.909 bits per heavy atom. The first kappa shape index (κ1) is 12.5. The molecule has 0 spiro atoms. The van der Waals surface area contributed by atoms with Crippen molar-refractivity contribution in [1.29, 1.82) is 0 Å². The summed E-state index contributed by atoms with van der Waals surface area (Å²) in [6.45, 7) is 0. The lowest BCUT2D eigenvalue weighted by atomic mass is 9.92. The Balaban J connectivity index is 2.06. The Morgan fingerprint density at radius 3 is 2.18 bits per heavy atom. The third-order valence-corrected chi connectivity index (χ3v) is 3.53. The summed E-state index contributed by atoms with van der Waals surface area (Å²) < 4.78 is 5.23. The van der Waals surface area contributed by atoms with Gasteiger partial charge in [0.1, 0.15) is 22.7 Å². The van der Waals surface area contributed by atoms with Crippen molar-refractivity contribution in [3.8, 4) is 5.75 Å². The molecule has 0 radical (unpaired) electrons. The molecule has 1 aliphatic rings. The van der Waals surface area contributed by atoms with Crippen LogP contribution in [0.5, 0.6) is 5.75 Å². The molecule has 3 aromatic rings. The first-order chi connectivity index (χ1) is 10.7. The highest BCUT2D eigenvalue weighted by Crippen LogP contribution is 2.28. The van der Waals surface area contributed by atoms with E-state index >= 15 is 0 Å². The molecule has 7 heteroatoms. The molecule has 1 aliphatic carbocycles. The topological polar surface area (TPSA) is 94.9 Å². The van der Waals surface area contributed by atoms with Gasteiger partial charge in [-0.1, -0.05) is 6.07 Å². The largest absolute Gasteiger partial charge is 0.494 e. The molecule has 0 saturated heterocycles. The molecule has 0 aliphatic heterocycles. The third-order valence-electron chi connectivity index (χ3n) is 3.53. The summed E-state index contributed by atoms with van der Waals surface area (Å²) >= 11 is 0. The maximum atomic E-state index is 12.5. The highest BCUT2D eigenvalue weighted by atomic mass is 16.5. The van der Waals surface area contributed by atoms with E-state index in [4.69, 9.17) is 4.74 Å². The summed E-state index contributed by atoms with van der Waals surface area (Å²) in [6, 6.07) is 5.18. The van der Waals surface area contributed by atoms with E-state index in [1.807, 2.05) is 0 Å². The van der Waals surface area contributed by atoms with Gasteiger partial charge in [-0.05, 0) is 12.1 Å². The first-order valence-electron chi connectivity index (χ1n) is 6.45. The second kappa shape index (κ2) is 4.39. The number of rotatable bonds is 1. The zero-order valence-corrected chi connectivity index (χ0v) is 11.4. The Hall–Kier alpha value is -3.22. The predicted octanol–water partition coefficient (Wildman–Crippen LogP) is 1.20. The summed E-state index contributed by atoms with van der Waals surface area (Å²) in [6.07, 6.45) is 2.54. The minimum Gasteiger partial charge on any atom is -0.494 e. The molecule has 0 N–H and O–H groups in total. The fourth-order valence-corrected chi connectivity index (χ4v) is 2.47. The average Bonchev–Trinajstić information content (AvgIpc) is 2.58. The molecule has 4 rings (SSSR count). The monoisotopic (exact) mass is 292 g/mol. The van der Waals surface area contributed by atoms with Crippen molar-refractivity contribution in [2.45, 2.75) is 0 Å². The van der Waals surface area contributed by atoms with E-state index in [9.17, 15) is 9.59 Å². The fourth-order valence-electron chi connectivity index (χ4n) is 2.47. The maximum absolute atomic E-state index is 12.5. The number of benzene rings is 1. The molecule has 2 aromatic heterocycles. The minimum atomic E-state index is -0.389. The van der Waals surface area contributed by atoms with Crippen molar-refractivity contribution in [2.75, 3.05) is 7.11 Å². The number of hydrogen-bond donors (Lipinski definition) is 0. The lowest BCUT2D eigenvalue weighted by Crippen LogP contribution is -2.24. The van der Waals surface area contributed by atoms with Gasteiger partial charge < -0.3 is 4.74 Å². The molecule has 7 nitrogen and oxygen atoms in total. The molecular formula is C15H8N4O3. The SMILES string of the molecule is COc1cccc2nc3c(nc12)C(=O)c1cnncc1C3=O. The number of fused-ring (bicyclic) bond motifs is 3. The molecule has 0 bridgehead atoms. The smallest absolute Gasteiger partial charge is 0.216 e. The van der Waals surface area contributed by atoms with Crippen LogP contribution < -0.4 is 4.74 Å². The van der Waals surface area contributed by atoms with Gasteiger partial charge in [0.15, 0.2) is 0 Å². The summed E-state index contributed by atoms with van der Waals surface area (Å²) in [5.41, 5.74) is 1.37. The second-order valence-corrected chi connectivity index (χ2v) is 4.72. The third kappa shape index (κ3) is 1.56. The van der Waals surface area contributed by atoms with Gasteiger partial charge in [0.05, 0.1) is 36.1 Å². The second-order valence-electron chi connectivity index (χ2n) is 4.72. The highest BCUT2D eigenvalue weighted by molar-refractivity contribution is 6.27. The van der Waals surface area contributed by atoms with Crippen LogP contribution in [0.3, 0.4) is 0 Å². The number of ether oxygens (including phenoxy) is 1. The number of carbonyl (C=O) groups excluding carboxylic acids is 2. The Bertz CT molecular complexity index is 968. The van der Waals surface area contributed by atoms with E-state index in [-0.39, 0.29) is 34.1 Å². The number of methoxy groups -OCH3 is 1. The van der Waals surface area contributed by atoms with Crippen LogP contribution in [0.4, 0.5) is 0 Å². The molecule has 0 atom stereocenters. The van der Waals surface area contributed by atoms with Gasteiger partial charge in [0, 0.05) is 0 Å². The van der Waals surface area contributed by atoms with Gasteiger partial charge in [-0.2, -0.15) is 10.2 Å². The van der Waals surface area contributed by atoms with Crippen LogP contribution in [0.1, 0.15) is 32.1 Å². The average molecular weight is 292 g/mol. The van der Waals surface area contributed by atoms with Gasteiger partial charge in [0.25, 0.3) is 0 Å². The molecule has 0 amide bonds. The van der Waals surface area contributed by atoms with Crippen molar-refractivity contribution in [1.82, 2.24) is 20.2 Å². The van der Waals surface area contributed by atoms with Crippen LogP contribution in [-0.2, 0) is 0 Å². The highest BCUT2D eigenvalue weighted by Gasteiger charge is 2.33. The number of nitrogens with zero attached hydrogens (tertiary/aromatic N) is 4. The van der Waals surface area contributed by atoms with Gasteiger partial charge in [-0.25, -0.2) is 9.97 Å². The summed E-state index contributed by atoms with van der Waals surface area (Å²) in [7, 11) is 1.51. The van der Waals surface area contributed by atoms with Crippen molar-refractivity contribution < 1.29 is 14.3 Å². The van der Waals surface area contributed by atoms with Crippen LogP contribution in [0.25, 0.3) is 11.0 Å². The van der Waals surface area contributed by atoms with Crippen LogP contribution >= 0.6 is 0 Å². The Labute approximate surface area is 124 Å². The quantitative estimate of drug-likeness (QED) is 0.520. The molecule has 0 unspecified atom stereocenters. The van der Waals surface area contributed by atoms with E-state index in [1.54, 1.807) is 18.2 Å². The molecule has 0 saturated carbocycles. The summed E-state index contributed by atoms with van der Waals surface area (Å²) in [5, 5.41) is 7.31. The van der Waals surface area contributed by atoms with Crippen molar-refractivity contribution >= 4 is 22.6 Å². The van der Waals surface area contributed by atoms with E-state index in [0.717, 1.165) is 0 Å². The maximum Gasteiger partial charge on any atom is 0.216 e. The van der Waals surface area contributed by atoms with Crippen molar-refractivity contribution in [3.05, 3.63) is 53.1 Å². The minimum absolute atomic E-state index is 0.0162. The number of para-hydroxylation sites is 1. The summed E-state index contributed by atoms with van der Waals surface area (Å²) in [5.74, 6) is -0.275. The standard InChI is InChI=1S/C15H8N4O3/c1-22-10-4-2-3-9-11(10)19-13-12(18-9)14(20)7-5-16-17-6-8(7)15(13)21/h2-6H,1H3. The van der Waals surface area contributed by atoms with Gasteiger partial charge >= 0.3 is 0 Å². The Morgan fingerprint density at radius 2 is 1.55 bits per heavy atom. The van der Waals surface area contributed by atoms with Crippen LogP contribution in [-0.4, -0.2) is 38.8 Å². The first-order valence-corrected chi connectivity index (χ1v) is 6.45. The molecule has 0 fully saturated rings. The van der Waals surface area contributed by atoms with E-state index in [0.29, 0.717) is 16.8 Å². The normalized spacial score (nSPS) is 13.0.